The molecule has 0 aromatic heterocycles. The number of amides is 2. The van der Waals surface area contributed by atoms with Gasteiger partial charge >= 0.3 is 12.0 Å². The fourth-order valence-corrected chi connectivity index (χ4v) is 1.86. The molecule has 0 fully saturated rings. The first-order chi connectivity index (χ1) is 9.70. The molecule has 1 unspecified atom stereocenters. The Hall–Kier alpha value is -2.17. The average Bonchev–Trinajstić information content (AvgIpc) is 2.38. The number of aliphatic carboxylic acids is 1. The summed E-state index contributed by atoms with van der Waals surface area (Å²) >= 11 is 0. The number of hydrogen-bond donors (Lipinski definition) is 5. The third-order valence-electron chi connectivity index (χ3n) is 2.43. The van der Waals surface area contributed by atoms with Crippen molar-refractivity contribution in [3.8, 4) is 0 Å². The molecule has 10 heteroatoms. The van der Waals surface area contributed by atoms with Gasteiger partial charge in [-0.15, -0.1) is 0 Å². The number of anilines is 1. The Kier molecular flexibility index (Phi) is 5.64. The van der Waals surface area contributed by atoms with Gasteiger partial charge in [0.25, 0.3) is 0 Å². The Bertz CT molecular complexity index is 613. The SMILES string of the molecule is NS(=O)(=O)c1ccc(NC(=O)NCCC(O)C(=O)O)cc1. The number of carboxylic acid groups (broad SMARTS) is 1. The smallest absolute Gasteiger partial charge is 0.332 e. The quantitative estimate of drug-likeness (QED) is 0.466. The van der Waals surface area contributed by atoms with Gasteiger partial charge in [0.15, 0.2) is 6.10 Å². The van der Waals surface area contributed by atoms with Crippen LogP contribution in [0, 0.1) is 0 Å². The molecule has 0 saturated carbocycles. The first-order valence-corrected chi connectivity index (χ1v) is 7.33. The number of aliphatic hydroxyl groups excluding tert-OH is 1. The summed E-state index contributed by atoms with van der Waals surface area (Å²) in [5, 5.41) is 27.1. The second-order valence-corrected chi connectivity index (χ2v) is 5.65. The number of nitrogens with one attached hydrogen (secondary N) is 2. The van der Waals surface area contributed by atoms with Crippen molar-refractivity contribution >= 4 is 27.7 Å². The van der Waals surface area contributed by atoms with Crippen molar-refractivity contribution < 1.29 is 28.2 Å². The fraction of sp³-hybridized carbons (Fsp3) is 0.273. The number of rotatable bonds is 6. The predicted molar refractivity (Wildman–Crippen MR) is 73.1 cm³/mol. The standard InChI is InChI=1S/C11H15N3O6S/c12-21(19,20)8-3-1-7(2-4-8)14-11(18)13-6-5-9(15)10(16)17/h1-4,9,15H,5-6H2,(H,16,17)(H2,12,19,20)(H2,13,14,18). The molecule has 0 aliphatic heterocycles. The molecule has 0 bridgehead atoms. The third kappa shape index (κ3) is 5.77. The Morgan fingerprint density at radius 2 is 1.81 bits per heavy atom. The number of carbonyl (C=O) groups is 2. The van der Waals surface area contributed by atoms with Crippen molar-refractivity contribution in [2.45, 2.75) is 17.4 Å². The normalized spacial score (nSPS) is 12.5. The molecule has 6 N–H and O–H groups in total. The van der Waals surface area contributed by atoms with Crippen LogP contribution < -0.4 is 15.8 Å². The van der Waals surface area contributed by atoms with Gasteiger partial charge in [0.2, 0.25) is 10.0 Å². The molecule has 0 spiro atoms. The molecule has 1 rings (SSSR count). The molecular weight excluding hydrogens is 302 g/mol. The van der Waals surface area contributed by atoms with Gasteiger partial charge in [-0.2, -0.15) is 0 Å². The molecule has 1 aromatic carbocycles. The molecule has 9 nitrogen and oxygen atoms in total. The van der Waals surface area contributed by atoms with E-state index in [-0.39, 0.29) is 17.9 Å². The minimum Gasteiger partial charge on any atom is -0.479 e. The molecule has 2 amide bonds. The summed E-state index contributed by atoms with van der Waals surface area (Å²) in [7, 11) is -3.79. The Balaban J connectivity index is 2.47. The Morgan fingerprint density at radius 3 is 2.29 bits per heavy atom. The highest BCUT2D eigenvalue weighted by molar-refractivity contribution is 7.89. The van der Waals surface area contributed by atoms with Crippen LogP contribution in [0.25, 0.3) is 0 Å². The average molecular weight is 317 g/mol. The molecule has 21 heavy (non-hydrogen) atoms. The maximum absolute atomic E-state index is 11.5. The highest BCUT2D eigenvalue weighted by Crippen LogP contribution is 2.12. The number of nitrogens with two attached hydrogens (primary N) is 1. The summed E-state index contributed by atoms with van der Waals surface area (Å²) in [4.78, 5) is 21.7. The van der Waals surface area contributed by atoms with E-state index in [2.05, 4.69) is 10.6 Å². The van der Waals surface area contributed by atoms with E-state index in [1.54, 1.807) is 0 Å². The maximum atomic E-state index is 11.5. The van der Waals surface area contributed by atoms with Crippen LogP contribution in [0.2, 0.25) is 0 Å². The predicted octanol–water partition coefficient (Wildman–Crippen LogP) is -0.709. The van der Waals surface area contributed by atoms with Crippen molar-refractivity contribution in [1.82, 2.24) is 5.32 Å². The van der Waals surface area contributed by atoms with Crippen LogP contribution >= 0.6 is 0 Å². The minimum atomic E-state index is -3.79. The Morgan fingerprint density at radius 1 is 1.24 bits per heavy atom. The lowest BCUT2D eigenvalue weighted by Gasteiger charge is -2.09. The van der Waals surface area contributed by atoms with E-state index < -0.39 is 28.1 Å². The summed E-state index contributed by atoms with van der Waals surface area (Å²) in [5.41, 5.74) is 0.332. The third-order valence-corrected chi connectivity index (χ3v) is 3.36. The molecule has 0 radical (unpaired) electrons. The Labute approximate surface area is 120 Å². The van der Waals surface area contributed by atoms with E-state index in [0.717, 1.165) is 0 Å². The zero-order valence-electron chi connectivity index (χ0n) is 10.8. The molecule has 0 aliphatic rings. The van der Waals surface area contributed by atoms with Crippen LogP contribution in [0.3, 0.4) is 0 Å². The first-order valence-electron chi connectivity index (χ1n) is 5.79. The van der Waals surface area contributed by atoms with Gasteiger partial charge in [-0.05, 0) is 24.3 Å². The van der Waals surface area contributed by atoms with Crippen molar-refractivity contribution in [1.29, 1.82) is 0 Å². The largest absolute Gasteiger partial charge is 0.479 e. The van der Waals surface area contributed by atoms with E-state index in [9.17, 15) is 18.0 Å². The number of primary sulfonamides is 1. The number of carboxylic acids is 1. The number of hydrogen-bond acceptors (Lipinski definition) is 5. The van der Waals surface area contributed by atoms with Crippen molar-refractivity contribution in [2.75, 3.05) is 11.9 Å². The highest BCUT2D eigenvalue weighted by Gasteiger charge is 2.13. The lowest BCUT2D eigenvalue weighted by molar-refractivity contribution is -0.146. The second kappa shape index (κ2) is 7.02. The molecular formula is C11H15N3O6S. The van der Waals surface area contributed by atoms with Crippen LogP contribution in [0.4, 0.5) is 10.5 Å². The lowest BCUT2D eigenvalue weighted by Crippen LogP contribution is -2.33. The van der Waals surface area contributed by atoms with Crippen LogP contribution in [0.1, 0.15) is 6.42 Å². The first kappa shape index (κ1) is 16.9. The highest BCUT2D eigenvalue weighted by atomic mass is 32.2. The number of urea groups is 1. The second-order valence-electron chi connectivity index (χ2n) is 4.09. The lowest BCUT2D eigenvalue weighted by atomic mass is 10.2. The van der Waals surface area contributed by atoms with Crippen LogP contribution in [-0.2, 0) is 14.8 Å². The van der Waals surface area contributed by atoms with Crippen LogP contribution in [-0.4, -0.2) is 43.3 Å². The van der Waals surface area contributed by atoms with E-state index in [4.69, 9.17) is 15.4 Å². The number of sulfonamides is 1. The van der Waals surface area contributed by atoms with Crippen LogP contribution in [0.5, 0.6) is 0 Å². The monoisotopic (exact) mass is 317 g/mol. The van der Waals surface area contributed by atoms with Crippen molar-refractivity contribution in [2.24, 2.45) is 5.14 Å². The van der Waals surface area contributed by atoms with Gasteiger partial charge in [-0.1, -0.05) is 0 Å². The molecule has 1 aromatic rings. The van der Waals surface area contributed by atoms with E-state index in [1.807, 2.05) is 0 Å². The molecule has 116 valence electrons. The molecule has 0 aliphatic carbocycles. The summed E-state index contributed by atoms with van der Waals surface area (Å²) in [6.45, 7) is -0.0332. The number of aliphatic hydroxyl groups is 1. The number of carbonyl (C=O) groups excluding carboxylic acids is 1. The minimum absolute atomic E-state index is 0.0332. The van der Waals surface area contributed by atoms with E-state index in [1.165, 1.54) is 24.3 Å². The summed E-state index contributed by atoms with van der Waals surface area (Å²) in [6, 6.07) is 4.56. The van der Waals surface area contributed by atoms with Gasteiger partial charge in [-0.3, -0.25) is 0 Å². The van der Waals surface area contributed by atoms with E-state index >= 15 is 0 Å². The molecule has 0 heterocycles. The zero-order valence-corrected chi connectivity index (χ0v) is 11.6. The van der Waals surface area contributed by atoms with Gasteiger partial charge in [0, 0.05) is 18.7 Å². The summed E-state index contributed by atoms with van der Waals surface area (Å²) < 4.78 is 22.1. The van der Waals surface area contributed by atoms with Crippen LogP contribution in [0.15, 0.2) is 29.2 Å². The number of benzene rings is 1. The van der Waals surface area contributed by atoms with Crippen molar-refractivity contribution in [3.63, 3.8) is 0 Å². The van der Waals surface area contributed by atoms with E-state index in [0.29, 0.717) is 5.69 Å². The van der Waals surface area contributed by atoms with Gasteiger partial charge in [0.05, 0.1) is 4.90 Å². The topological polar surface area (TPSA) is 159 Å². The van der Waals surface area contributed by atoms with Gasteiger partial charge in [0.1, 0.15) is 0 Å². The fourth-order valence-electron chi connectivity index (χ4n) is 1.35. The van der Waals surface area contributed by atoms with Gasteiger partial charge in [-0.25, -0.2) is 23.1 Å². The summed E-state index contributed by atoms with van der Waals surface area (Å²) in [5.74, 6) is -1.37. The van der Waals surface area contributed by atoms with Gasteiger partial charge < -0.3 is 20.8 Å². The van der Waals surface area contributed by atoms with Crippen molar-refractivity contribution in [3.05, 3.63) is 24.3 Å². The molecule has 1 atom stereocenters. The zero-order chi connectivity index (χ0) is 16.0. The summed E-state index contributed by atoms with van der Waals surface area (Å²) in [6.07, 6.45) is -1.67. The molecule has 0 saturated heterocycles. The maximum Gasteiger partial charge on any atom is 0.332 e.